The van der Waals surface area contributed by atoms with Gasteiger partial charge in [-0.25, -0.2) is 0 Å². The Kier molecular flexibility index (Phi) is 5.26. The number of rotatable bonds is 5. The lowest BCUT2D eigenvalue weighted by Crippen LogP contribution is -2.13. The molecule has 0 fully saturated rings. The molecule has 0 unspecified atom stereocenters. The fraction of sp³-hybridized carbons (Fsp3) is 0.250. The third-order valence-electron chi connectivity index (χ3n) is 3.12. The molecule has 5 heteroatoms. The molecule has 0 radical (unpaired) electrons. The van der Waals surface area contributed by atoms with Crippen molar-refractivity contribution >= 4 is 11.6 Å². The number of benzene rings is 2. The van der Waals surface area contributed by atoms with Crippen LogP contribution in [0.3, 0.4) is 0 Å². The van der Waals surface area contributed by atoms with Crippen molar-refractivity contribution in [2.24, 2.45) is 0 Å². The van der Waals surface area contributed by atoms with Gasteiger partial charge in [-0.3, -0.25) is 0 Å². The second kappa shape index (κ2) is 6.96. The summed E-state index contributed by atoms with van der Waals surface area (Å²) >= 11 is 5.71. The lowest BCUT2D eigenvalue weighted by Gasteiger charge is -2.09. The van der Waals surface area contributed by atoms with Crippen LogP contribution in [0.1, 0.15) is 22.3 Å². The van der Waals surface area contributed by atoms with E-state index in [9.17, 15) is 13.2 Å². The highest BCUT2D eigenvalue weighted by atomic mass is 35.5. The Morgan fingerprint density at radius 1 is 0.762 bits per heavy atom. The van der Waals surface area contributed by atoms with Crippen LogP contribution in [0.5, 0.6) is 0 Å². The molecule has 1 N–H and O–H groups in total. The van der Waals surface area contributed by atoms with Crippen LogP contribution in [-0.2, 0) is 25.1 Å². The zero-order chi connectivity index (χ0) is 15.3. The lowest BCUT2D eigenvalue weighted by molar-refractivity contribution is -0.137. The van der Waals surface area contributed by atoms with Gasteiger partial charge in [0.05, 0.1) is 5.56 Å². The molecule has 0 aliphatic heterocycles. The second-order valence-electron chi connectivity index (χ2n) is 4.75. The molecule has 0 atom stereocenters. The largest absolute Gasteiger partial charge is 0.416 e. The molecule has 112 valence electrons. The van der Waals surface area contributed by atoms with Crippen LogP contribution >= 0.6 is 11.6 Å². The van der Waals surface area contributed by atoms with Crippen molar-refractivity contribution in [1.29, 1.82) is 0 Å². The molecule has 0 saturated heterocycles. The average Bonchev–Trinajstić information content (AvgIpc) is 2.47. The summed E-state index contributed by atoms with van der Waals surface area (Å²) in [7, 11) is 0. The first kappa shape index (κ1) is 15.9. The number of alkyl halides is 4. The summed E-state index contributed by atoms with van der Waals surface area (Å²) in [4.78, 5) is 0. The number of hydrogen-bond donors (Lipinski definition) is 1. The van der Waals surface area contributed by atoms with Crippen molar-refractivity contribution in [2.45, 2.75) is 25.1 Å². The van der Waals surface area contributed by atoms with Gasteiger partial charge in [-0.15, -0.1) is 11.6 Å². The normalized spacial score (nSPS) is 11.6. The molecule has 0 saturated carbocycles. The molecule has 0 heterocycles. The number of hydrogen-bond acceptors (Lipinski definition) is 1. The molecule has 0 amide bonds. The highest BCUT2D eigenvalue weighted by Gasteiger charge is 2.29. The molecular weight excluding hydrogens is 299 g/mol. The van der Waals surface area contributed by atoms with Crippen LogP contribution < -0.4 is 5.32 Å². The van der Waals surface area contributed by atoms with Crippen LogP contribution in [0.4, 0.5) is 13.2 Å². The van der Waals surface area contributed by atoms with Gasteiger partial charge in [-0.1, -0.05) is 36.4 Å². The third-order valence-corrected chi connectivity index (χ3v) is 3.43. The van der Waals surface area contributed by atoms with Crippen LogP contribution in [0.25, 0.3) is 0 Å². The summed E-state index contributed by atoms with van der Waals surface area (Å²) in [6.45, 7) is 1.18. The van der Waals surface area contributed by atoms with Crippen molar-refractivity contribution in [3.8, 4) is 0 Å². The van der Waals surface area contributed by atoms with E-state index in [1.165, 1.54) is 12.1 Å². The van der Waals surface area contributed by atoms with Gasteiger partial charge in [-0.2, -0.15) is 13.2 Å². The predicted octanol–water partition coefficient (Wildman–Crippen LogP) is 4.73. The maximum absolute atomic E-state index is 12.4. The van der Waals surface area contributed by atoms with E-state index in [0.29, 0.717) is 19.0 Å². The fourth-order valence-corrected chi connectivity index (χ4v) is 2.09. The molecule has 2 rings (SSSR count). The smallest absolute Gasteiger partial charge is 0.309 e. The van der Waals surface area contributed by atoms with Gasteiger partial charge >= 0.3 is 6.18 Å². The molecule has 0 aliphatic carbocycles. The van der Waals surface area contributed by atoms with E-state index in [1.54, 1.807) is 0 Å². The van der Waals surface area contributed by atoms with Gasteiger partial charge in [-0.05, 0) is 28.8 Å². The molecule has 2 aromatic rings. The van der Waals surface area contributed by atoms with Crippen LogP contribution in [0, 0.1) is 0 Å². The van der Waals surface area contributed by atoms with Gasteiger partial charge in [0.1, 0.15) is 0 Å². The molecule has 1 nitrogen and oxygen atoms in total. The Bertz CT molecular complexity index is 562. The fourth-order valence-electron chi connectivity index (χ4n) is 1.91. The van der Waals surface area contributed by atoms with E-state index in [0.717, 1.165) is 28.8 Å². The minimum atomic E-state index is -4.28. The third kappa shape index (κ3) is 4.76. The van der Waals surface area contributed by atoms with Crippen molar-refractivity contribution in [2.75, 3.05) is 0 Å². The maximum Gasteiger partial charge on any atom is 0.416 e. The number of nitrogens with one attached hydrogen (secondary N) is 1. The molecule has 0 spiro atoms. The monoisotopic (exact) mass is 313 g/mol. The molecule has 21 heavy (non-hydrogen) atoms. The van der Waals surface area contributed by atoms with Gasteiger partial charge < -0.3 is 5.32 Å². The van der Waals surface area contributed by atoms with E-state index < -0.39 is 11.7 Å². The van der Waals surface area contributed by atoms with E-state index >= 15 is 0 Å². The van der Waals surface area contributed by atoms with Gasteiger partial charge in [0.25, 0.3) is 0 Å². The van der Waals surface area contributed by atoms with Gasteiger partial charge in [0.2, 0.25) is 0 Å². The summed E-state index contributed by atoms with van der Waals surface area (Å²) in [5, 5.41) is 3.20. The van der Waals surface area contributed by atoms with Crippen molar-refractivity contribution in [3.63, 3.8) is 0 Å². The van der Waals surface area contributed by atoms with Crippen molar-refractivity contribution in [3.05, 3.63) is 70.8 Å². The summed E-state index contributed by atoms with van der Waals surface area (Å²) in [6, 6.07) is 13.1. The molecule has 0 bridgehead atoms. The van der Waals surface area contributed by atoms with Crippen LogP contribution in [0.15, 0.2) is 48.5 Å². The number of halogens is 4. The minimum Gasteiger partial charge on any atom is -0.309 e. The Hall–Kier alpha value is -1.52. The summed E-state index contributed by atoms with van der Waals surface area (Å²) in [5.41, 5.74) is 2.36. The summed E-state index contributed by atoms with van der Waals surface area (Å²) < 4.78 is 37.3. The highest BCUT2D eigenvalue weighted by molar-refractivity contribution is 6.17. The topological polar surface area (TPSA) is 12.0 Å². The summed E-state index contributed by atoms with van der Waals surface area (Å²) in [5.74, 6) is 0.485. The second-order valence-corrected chi connectivity index (χ2v) is 5.02. The van der Waals surface area contributed by atoms with Gasteiger partial charge in [0, 0.05) is 19.0 Å². The zero-order valence-electron chi connectivity index (χ0n) is 11.3. The quantitative estimate of drug-likeness (QED) is 0.787. The minimum absolute atomic E-state index is 0.485. The van der Waals surface area contributed by atoms with Crippen molar-refractivity contribution < 1.29 is 13.2 Å². The van der Waals surface area contributed by atoms with Crippen LogP contribution in [0.2, 0.25) is 0 Å². The molecular formula is C16H15ClF3N. The average molecular weight is 314 g/mol. The predicted molar refractivity (Wildman–Crippen MR) is 78.0 cm³/mol. The first-order chi connectivity index (χ1) is 9.99. The lowest BCUT2D eigenvalue weighted by atomic mass is 10.1. The SMILES string of the molecule is FC(F)(F)c1ccc(CNCc2ccc(CCl)cc2)cc1. The Morgan fingerprint density at radius 2 is 1.19 bits per heavy atom. The molecule has 0 aromatic heterocycles. The molecule has 0 aliphatic rings. The van der Waals surface area contributed by atoms with Crippen LogP contribution in [-0.4, -0.2) is 0 Å². The van der Waals surface area contributed by atoms with Gasteiger partial charge in [0.15, 0.2) is 0 Å². The first-order valence-electron chi connectivity index (χ1n) is 6.49. The Morgan fingerprint density at radius 3 is 1.62 bits per heavy atom. The molecule has 2 aromatic carbocycles. The van der Waals surface area contributed by atoms with E-state index in [4.69, 9.17) is 11.6 Å². The Labute approximate surface area is 126 Å². The summed E-state index contributed by atoms with van der Waals surface area (Å²) in [6.07, 6.45) is -4.28. The van der Waals surface area contributed by atoms with E-state index in [1.807, 2.05) is 24.3 Å². The first-order valence-corrected chi connectivity index (χ1v) is 7.03. The standard InChI is InChI=1S/C16H15ClF3N/c17-9-12-1-3-13(4-2-12)10-21-11-14-5-7-15(8-6-14)16(18,19)20/h1-8,21H,9-11H2. The van der Waals surface area contributed by atoms with Crippen molar-refractivity contribution in [1.82, 2.24) is 5.32 Å². The highest BCUT2D eigenvalue weighted by Crippen LogP contribution is 2.29. The maximum atomic E-state index is 12.4. The van der Waals surface area contributed by atoms with E-state index in [-0.39, 0.29) is 0 Å². The zero-order valence-corrected chi connectivity index (χ0v) is 12.0. The van der Waals surface area contributed by atoms with E-state index in [2.05, 4.69) is 5.32 Å². The Balaban J connectivity index is 1.85.